The minimum Gasteiger partial charge on any atom is -0.353 e. The quantitative estimate of drug-likeness (QED) is 0.320. The monoisotopic (exact) mass is 521 g/mol. The topological polar surface area (TPSA) is 85.8 Å². The molecule has 2 aromatic rings. The van der Waals surface area contributed by atoms with E-state index in [1.807, 2.05) is 24.3 Å². The van der Waals surface area contributed by atoms with Gasteiger partial charge >= 0.3 is 0 Å². The maximum Gasteiger partial charge on any atom is 0.254 e. The zero-order valence-electron chi connectivity index (χ0n) is 17.3. The minimum absolute atomic E-state index is 0. The fourth-order valence-electron chi connectivity index (χ4n) is 3.15. The normalized spacial score (nSPS) is 13.9. The first-order valence-corrected chi connectivity index (χ1v) is 9.71. The van der Waals surface area contributed by atoms with Crippen molar-refractivity contribution in [2.24, 2.45) is 4.99 Å². The Balaban J connectivity index is 0.00000320. The molecule has 0 aromatic heterocycles. The lowest BCUT2D eigenvalue weighted by Gasteiger charge is -2.26. The van der Waals surface area contributed by atoms with Gasteiger partial charge in [0.2, 0.25) is 5.91 Å². The van der Waals surface area contributed by atoms with E-state index < -0.39 is 0 Å². The van der Waals surface area contributed by atoms with Crippen molar-refractivity contribution in [2.75, 3.05) is 26.7 Å². The summed E-state index contributed by atoms with van der Waals surface area (Å²) in [4.78, 5) is 29.8. The number of aryl methyl sites for hydroxylation is 1. The Labute approximate surface area is 194 Å². The fraction of sp³-hybridized carbons (Fsp3) is 0.318. The van der Waals surface area contributed by atoms with Crippen molar-refractivity contribution in [3.8, 4) is 0 Å². The number of amides is 2. The lowest BCUT2D eigenvalue weighted by atomic mass is 10.1. The third kappa shape index (κ3) is 6.45. The lowest BCUT2D eigenvalue weighted by Crippen LogP contribution is -2.49. The van der Waals surface area contributed by atoms with Crippen LogP contribution >= 0.6 is 24.0 Å². The molecule has 1 aliphatic heterocycles. The highest BCUT2D eigenvalue weighted by Gasteiger charge is 2.22. The first-order valence-electron chi connectivity index (χ1n) is 9.71. The Morgan fingerprint density at radius 2 is 1.80 bits per heavy atom. The summed E-state index contributed by atoms with van der Waals surface area (Å²) in [5.41, 5.74) is 4.09. The smallest absolute Gasteiger partial charge is 0.254 e. The second kappa shape index (κ2) is 11.5. The predicted octanol–water partition coefficient (Wildman–Crippen LogP) is 2.05. The highest BCUT2D eigenvalue weighted by molar-refractivity contribution is 14.0. The number of benzene rings is 2. The third-order valence-corrected chi connectivity index (χ3v) is 4.92. The van der Waals surface area contributed by atoms with Crippen LogP contribution < -0.4 is 16.0 Å². The number of nitrogens with zero attached hydrogens (tertiary/aromatic N) is 2. The van der Waals surface area contributed by atoms with Crippen LogP contribution in [-0.2, 0) is 17.9 Å². The maximum absolute atomic E-state index is 12.5. The standard InChI is InChI=1S/C22H27N5O2.HI/c1-16-5-3-4-6-19(16)14-26-22(23-2)25-13-17-7-9-18(10-8-17)21(29)27-12-11-24-20(28)15-27;/h3-10H,11-15H2,1-2H3,(H,24,28)(H2,23,25,26);1H. The first-order chi connectivity index (χ1) is 14.1. The minimum atomic E-state index is -0.116. The molecule has 0 unspecified atom stereocenters. The molecular weight excluding hydrogens is 493 g/mol. The van der Waals surface area contributed by atoms with Crippen molar-refractivity contribution in [1.82, 2.24) is 20.9 Å². The van der Waals surface area contributed by atoms with Crippen molar-refractivity contribution >= 4 is 41.8 Å². The van der Waals surface area contributed by atoms with Gasteiger partial charge in [0, 0.05) is 38.8 Å². The second-order valence-electron chi connectivity index (χ2n) is 6.98. The van der Waals surface area contributed by atoms with Gasteiger partial charge in [0.1, 0.15) is 0 Å². The molecule has 1 saturated heterocycles. The molecule has 2 amide bonds. The summed E-state index contributed by atoms with van der Waals surface area (Å²) in [6.45, 7) is 4.53. The summed E-state index contributed by atoms with van der Waals surface area (Å²) >= 11 is 0. The molecule has 0 bridgehead atoms. The van der Waals surface area contributed by atoms with Crippen LogP contribution in [0.5, 0.6) is 0 Å². The van der Waals surface area contributed by atoms with E-state index >= 15 is 0 Å². The maximum atomic E-state index is 12.5. The number of hydrogen-bond donors (Lipinski definition) is 3. The van der Waals surface area contributed by atoms with Crippen LogP contribution in [0.3, 0.4) is 0 Å². The van der Waals surface area contributed by atoms with Crippen LogP contribution in [0.25, 0.3) is 0 Å². The SMILES string of the molecule is CN=C(NCc1ccc(C(=O)N2CCNC(=O)C2)cc1)NCc1ccccc1C.I. The Bertz CT molecular complexity index is 899. The van der Waals surface area contributed by atoms with Crippen LogP contribution in [-0.4, -0.2) is 49.4 Å². The second-order valence-corrected chi connectivity index (χ2v) is 6.98. The summed E-state index contributed by atoms with van der Waals surface area (Å²) < 4.78 is 0. The Morgan fingerprint density at radius 3 is 2.47 bits per heavy atom. The molecule has 0 spiro atoms. The summed E-state index contributed by atoms with van der Waals surface area (Å²) in [5, 5.41) is 9.32. The average molecular weight is 521 g/mol. The molecule has 0 radical (unpaired) electrons. The van der Waals surface area contributed by atoms with Gasteiger partial charge < -0.3 is 20.9 Å². The van der Waals surface area contributed by atoms with Gasteiger partial charge in [-0.15, -0.1) is 24.0 Å². The largest absolute Gasteiger partial charge is 0.353 e. The van der Waals surface area contributed by atoms with Gasteiger partial charge in [-0.05, 0) is 35.7 Å². The van der Waals surface area contributed by atoms with E-state index in [9.17, 15) is 9.59 Å². The molecule has 3 rings (SSSR count). The number of aliphatic imine (C=N–C) groups is 1. The van der Waals surface area contributed by atoms with Crippen molar-refractivity contribution in [3.63, 3.8) is 0 Å². The molecule has 2 aromatic carbocycles. The first kappa shape index (κ1) is 23.7. The highest BCUT2D eigenvalue weighted by Crippen LogP contribution is 2.09. The zero-order chi connectivity index (χ0) is 20.6. The van der Waals surface area contributed by atoms with Crippen LogP contribution in [0.1, 0.15) is 27.0 Å². The summed E-state index contributed by atoms with van der Waals surface area (Å²) in [7, 11) is 1.74. The van der Waals surface area contributed by atoms with Crippen LogP contribution in [0.15, 0.2) is 53.5 Å². The molecule has 7 nitrogen and oxygen atoms in total. The highest BCUT2D eigenvalue weighted by atomic mass is 127. The molecule has 160 valence electrons. The molecule has 30 heavy (non-hydrogen) atoms. The Morgan fingerprint density at radius 1 is 1.10 bits per heavy atom. The molecule has 1 heterocycles. The summed E-state index contributed by atoms with van der Waals surface area (Å²) in [5.74, 6) is 0.484. The third-order valence-electron chi connectivity index (χ3n) is 4.92. The van der Waals surface area contributed by atoms with E-state index in [0.717, 1.165) is 5.56 Å². The number of rotatable bonds is 5. The number of guanidine groups is 1. The average Bonchev–Trinajstić information content (AvgIpc) is 2.75. The van der Waals surface area contributed by atoms with Gasteiger partial charge in [-0.2, -0.15) is 0 Å². The van der Waals surface area contributed by atoms with E-state index in [0.29, 0.717) is 37.7 Å². The zero-order valence-corrected chi connectivity index (χ0v) is 19.6. The van der Waals surface area contributed by atoms with Crippen LogP contribution in [0.4, 0.5) is 0 Å². The van der Waals surface area contributed by atoms with Crippen molar-refractivity contribution in [1.29, 1.82) is 0 Å². The molecule has 0 atom stereocenters. The van der Waals surface area contributed by atoms with Crippen molar-refractivity contribution in [2.45, 2.75) is 20.0 Å². The van der Waals surface area contributed by atoms with Crippen LogP contribution in [0.2, 0.25) is 0 Å². The molecule has 1 aliphatic rings. The van der Waals surface area contributed by atoms with Crippen molar-refractivity contribution in [3.05, 3.63) is 70.8 Å². The number of piperazine rings is 1. The summed E-state index contributed by atoms with van der Waals surface area (Å²) in [6.07, 6.45) is 0. The number of carbonyl (C=O) groups is 2. The summed E-state index contributed by atoms with van der Waals surface area (Å²) in [6, 6.07) is 15.7. The number of hydrogen-bond acceptors (Lipinski definition) is 3. The predicted molar refractivity (Wildman–Crippen MR) is 129 cm³/mol. The molecule has 8 heteroatoms. The van der Waals surface area contributed by atoms with E-state index in [4.69, 9.17) is 0 Å². The number of nitrogens with one attached hydrogen (secondary N) is 3. The van der Waals surface area contributed by atoms with Gasteiger partial charge in [-0.3, -0.25) is 14.6 Å². The van der Waals surface area contributed by atoms with Gasteiger partial charge in [0.05, 0.1) is 6.54 Å². The lowest BCUT2D eigenvalue weighted by molar-refractivity contribution is -0.123. The van der Waals surface area contributed by atoms with Gasteiger partial charge in [-0.25, -0.2) is 0 Å². The molecule has 1 fully saturated rings. The van der Waals surface area contributed by atoms with Gasteiger partial charge in [0.25, 0.3) is 5.91 Å². The van der Waals surface area contributed by atoms with E-state index in [2.05, 4.69) is 40.0 Å². The Kier molecular flexibility index (Phi) is 9.10. The molecule has 0 aliphatic carbocycles. The van der Waals surface area contributed by atoms with E-state index in [1.54, 1.807) is 24.1 Å². The Hall–Kier alpha value is -2.62. The number of halogens is 1. The number of carbonyl (C=O) groups excluding carboxylic acids is 2. The van der Waals surface area contributed by atoms with Crippen LogP contribution in [0, 0.1) is 6.92 Å². The molecular formula is C22H28IN5O2. The van der Waals surface area contributed by atoms with E-state index in [-0.39, 0.29) is 42.3 Å². The fourth-order valence-corrected chi connectivity index (χ4v) is 3.15. The van der Waals surface area contributed by atoms with Crippen molar-refractivity contribution < 1.29 is 9.59 Å². The molecule has 0 saturated carbocycles. The molecule has 3 N–H and O–H groups in total. The van der Waals surface area contributed by atoms with E-state index in [1.165, 1.54) is 11.1 Å². The van der Waals surface area contributed by atoms with Gasteiger partial charge in [-0.1, -0.05) is 36.4 Å². The van der Waals surface area contributed by atoms with Gasteiger partial charge in [0.15, 0.2) is 5.96 Å².